The number of nitriles is 1. The molecule has 0 saturated heterocycles. The monoisotopic (exact) mass is 229 g/mol. The molecule has 0 aromatic heterocycles. The molecule has 1 aromatic carbocycles. The van der Waals surface area contributed by atoms with Gasteiger partial charge in [0.2, 0.25) is 0 Å². The molecule has 0 atom stereocenters. The second-order valence-electron chi connectivity index (χ2n) is 2.24. The van der Waals surface area contributed by atoms with Crippen molar-refractivity contribution in [2.75, 3.05) is 0 Å². The number of hydrogen-bond acceptors (Lipinski definition) is 2. The molecular formula is C8H5BrFNO. The van der Waals surface area contributed by atoms with Gasteiger partial charge in [0.15, 0.2) is 0 Å². The molecule has 4 heteroatoms. The van der Waals surface area contributed by atoms with E-state index in [4.69, 9.17) is 10.4 Å². The lowest BCUT2D eigenvalue weighted by molar-refractivity contribution is 0.467. The van der Waals surface area contributed by atoms with Crippen molar-refractivity contribution in [1.29, 1.82) is 5.26 Å². The fraction of sp³-hybridized carbons (Fsp3) is 0.125. The Morgan fingerprint density at radius 2 is 2.25 bits per heavy atom. The molecular weight excluding hydrogens is 225 g/mol. The summed E-state index contributed by atoms with van der Waals surface area (Å²) in [6.07, 6.45) is 0.0753. The predicted octanol–water partition coefficient (Wildman–Crippen LogP) is 2.36. The van der Waals surface area contributed by atoms with Gasteiger partial charge >= 0.3 is 0 Å². The highest BCUT2D eigenvalue weighted by Gasteiger charge is 2.07. The van der Waals surface area contributed by atoms with Gasteiger partial charge < -0.3 is 5.11 Å². The molecule has 0 saturated carbocycles. The van der Waals surface area contributed by atoms with E-state index in [0.29, 0.717) is 5.56 Å². The molecule has 62 valence electrons. The van der Waals surface area contributed by atoms with E-state index in [1.54, 1.807) is 0 Å². The Kier molecular flexibility index (Phi) is 2.66. The Bertz CT molecular complexity index is 346. The molecule has 0 spiro atoms. The Labute approximate surface area is 77.4 Å². The van der Waals surface area contributed by atoms with Gasteiger partial charge in [0, 0.05) is 6.07 Å². The van der Waals surface area contributed by atoms with Crippen LogP contribution in [-0.2, 0) is 6.42 Å². The van der Waals surface area contributed by atoms with Crippen LogP contribution in [0.5, 0.6) is 5.75 Å². The summed E-state index contributed by atoms with van der Waals surface area (Å²) < 4.78 is 13.1. The average molecular weight is 230 g/mol. The molecule has 0 aliphatic heterocycles. The number of aromatic hydroxyl groups is 1. The van der Waals surface area contributed by atoms with Crippen molar-refractivity contribution in [2.45, 2.75) is 6.42 Å². The summed E-state index contributed by atoms with van der Waals surface area (Å²) in [4.78, 5) is 0. The first kappa shape index (κ1) is 9.01. The van der Waals surface area contributed by atoms with E-state index in [1.165, 1.54) is 6.07 Å². The molecule has 1 aromatic rings. The molecule has 0 aliphatic rings. The second kappa shape index (κ2) is 3.55. The minimum atomic E-state index is -0.555. The van der Waals surface area contributed by atoms with Crippen molar-refractivity contribution < 1.29 is 9.50 Å². The topological polar surface area (TPSA) is 44.0 Å². The van der Waals surface area contributed by atoms with E-state index >= 15 is 0 Å². The van der Waals surface area contributed by atoms with E-state index in [2.05, 4.69) is 15.9 Å². The molecule has 0 bridgehead atoms. The highest BCUT2D eigenvalue weighted by Crippen LogP contribution is 2.25. The normalized spacial score (nSPS) is 9.42. The lowest BCUT2D eigenvalue weighted by atomic mass is 10.1. The quantitative estimate of drug-likeness (QED) is 0.804. The zero-order valence-corrected chi connectivity index (χ0v) is 7.60. The molecule has 0 unspecified atom stereocenters. The highest BCUT2D eigenvalue weighted by atomic mass is 79.9. The Morgan fingerprint density at radius 3 is 2.83 bits per heavy atom. The van der Waals surface area contributed by atoms with Gasteiger partial charge in [-0.25, -0.2) is 4.39 Å². The number of phenols is 1. The van der Waals surface area contributed by atoms with Crippen LogP contribution < -0.4 is 0 Å². The third-order valence-corrected chi connectivity index (χ3v) is 2.25. The van der Waals surface area contributed by atoms with E-state index in [0.717, 1.165) is 6.07 Å². The van der Waals surface area contributed by atoms with E-state index in [9.17, 15) is 4.39 Å². The first-order chi connectivity index (χ1) is 5.65. The van der Waals surface area contributed by atoms with Gasteiger partial charge in [0.05, 0.1) is 17.0 Å². The van der Waals surface area contributed by atoms with Crippen LogP contribution in [0.3, 0.4) is 0 Å². The molecule has 1 N–H and O–H groups in total. The summed E-state index contributed by atoms with van der Waals surface area (Å²) in [6, 6.07) is 4.22. The van der Waals surface area contributed by atoms with Crippen molar-refractivity contribution in [1.82, 2.24) is 0 Å². The molecule has 0 heterocycles. The fourth-order valence-electron chi connectivity index (χ4n) is 0.844. The van der Waals surface area contributed by atoms with Gasteiger partial charge in [-0.1, -0.05) is 0 Å². The second-order valence-corrected chi connectivity index (χ2v) is 3.03. The number of nitrogens with zero attached hydrogens (tertiary/aromatic N) is 1. The zero-order valence-electron chi connectivity index (χ0n) is 6.01. The number of halogens is 2. The van der Waals surface area contributed by atoms with Crippen molar-refractivity contribution in [3.8, 4) is 11.8 Å². The zero-order chi connectivity index (χ0) is 9.14. The van der Waals surface area contributed by atoms with Crippen molar-refractivity contribution in [3.63, 3.8) is 0 Å². The third-order valence-electron chi connectivity index (χ3n) is 1.36. The van der Waals surface area contributed by atoms with Crippen LogP contribution in [0.1, 0.15) is 5.56 Å². The lowest BCUT2D eigenvalue weighted by Gasteiger charge is -2.01. The Morgan fingerprint density at radius 1 is 1.58 bits per heavy atom. The average Bonchev–Trinajstić information content (AvgIpc) is 2.00. The third kappa shape index (κ3) is 1.74. The fourth-order valence-corrected chi connectivity index (χ4v) is 1.21. The molecule has 2 nitrogen and oxygen atoms in total. The van der Waals surface area contributed by atoms with E-state index in [1.807, 2.05) is 6.07 Å². The number of rotatable bonds is 1. The molecule has 0 aliphatic carbocycles. The summed E-state index contributed by atoms with van der Waals surface area (Å²) in [7, 11) is 0. The van der Waals surface area contributed by atoms with Crippen LogP contribution in [0.4, 0.5) is 4.39 Å². The van der Waals surface area contributed by atoms with E-state index in [-0.39, 0.29) is 16.6 Å². The SMILES string of the molecule is N#CCc1cc(O)cc(F)c1Br. The first-order valence-electron chi connectivity index (χ1n) is 3.19. The number of phenolic OH excluding ortho intramolecular Hbond substituents is 1. The van der Waals surface area contributed by atoms with Crippen molar-refractivity contribution in [3.05, 3.63) is 28.0 Å². The highest BCUT2D eigenvalue weighted by molar-refractivity contribution is 9.10. The molecule has 0 amide bonds. The van der Waals surface area contributed by atoms with Gasteiger partial charge in [0.25, 0.3) is 0 Å². The summed E-state index contributed by atoms with van der Waals surface area (Å²) >= 11 is 2.98. The van der Waals surface area contributed by atoms with Crippen LogP contribution >= 0.6 is 15.9 Å². The maximum Gasteiger partial charge on any atom is 0.141 e. The van der Waals surface area contributed by atoms with Gasteiger partial charge in [0.1, 0.15) is 11.6 Å². The molecule has 0 radical (unpaired) electrons. The summed E-state index contributed by atoms with van der Waals surface area (Å²) in [5.74, 6) is -0.721. The first-order valence-corrected chi connectivity index (χ1v) is 3.98. The van der Waals surface area contributed by atoms with Gasteiger partial charge in [-0.05, 0) is 27.6 Å². The van der Waals surface area contributed by atoms with E-state index < -0.39 is 5.82 Å². The standard InChI is InChI=1S/C8H5BrFNO/c9-8-5(1-2-11)3-6(12)4-7(8)10/h3-4,12H,1H2. The Balaban J connectivity index is 3.20. The largest absolute Gasteiger partial charge is 0.508 e. The maximum atomic E-state index is 12.8. The Hall–Kier alpha value is -1.08. The predicted molar refractivity (Wildman–Crippen MR) is 45.1 cm³/mol. The lowest BCUT2D eigenvalue weighted by Crippen LogP contribution is -1.87. The van der Waals surface area contributed by atoms with Crippen LogP contribution in [0.2, 0.25) is 0 Å². The van der Waals surface area contributed by atoms with Crippen LogP contribution in [0.15, 0.2) is 16.6 Å². The van der Waals surface area contributed by atoms with Crippen LogP contribution in [0.25, 0.3) is 0 Å². The van der Waals surface area contributed by atoms with Gasteiger partial charge in [-0.15, -0.1) is 0 Å². The molecule has 1 rings (SSSR count). The van der Waals surface area contributed by atoms with Crippen LogP contribution in [0, 0.1) is 17.1 Å². The summed E-state index contributed by atoms with van der Waals surface area (Å²) in [5, 5.41) is 17.3. The van der Waals surface area contributed by atoms with Crippen molar-refractivity contribution in [2.24, 2.45) is 0 Å². The maximum absolute atomic E-state index is 12.8. The minimum absolute atomic E-state index is 0.0753. The van der Waals surface area contributed by atoms with Gasteiger partial charge in [-0.3, -0.25) is 0 Å². The summed E-state index contributed by atoms with van der Waals surface area (Å²) in [6.45, 7) is 0. The number of benzene rings is 1. The smallest absolute Gasteiger partial charge is 0.141 e. The van der Waals surface area contributed by atoms with Crippen LogP contribution in [-0.4, -0.2) is 5.11 Å². The molecule has 12 heavy (non-hydrogen) atoms. The van der Waals surface area contributed by atoms with Crippen molar-refractivity contribution >= 4 is 15.9 Å². The molecule has 0 fully saturated rings. The number of hydrogen-bond donors (Lipinski definition) is 1. The van der Waals surface area contributed by atoms with Gasteiger partial charge in [-0.2, -0.15) is 5.26 Å². The minimum Gasteiger partial charge on any atom is -0.508 e. The summed E-state index contributed by atoms with van der Waals surface area (Å²) in [5.41, 5.74) is 0.454.